The summed E-state index contributed by atoms with van der Waals surface area (Å²) in [5.41, 5.74) is 2.52. The summed E-state index contributed by atoms with van der Waals surface area (Å²) in [5.74, 6) is 0.192. The van der Waals surface area contributed by atoms with Gasteiger partial charge in [-0.3, -0.25) is 0 Å². The van der Waals surface area contributed by atoms with Gasteiger partial charge in [0.25, 0.3) is 0 Å². The molecule has 5 heteroatoms. The summed E-state index contributed by atoms with van der Waals surface area (Å²) in [7, 11) is 0. The molecule has 20 heavy (non-hydrogen) atoms. The molecule has 0 N–H and O–H groups in total. The number of rotatable bonds is 2. The second-order valence-corrected chi connectivity index (χ2v) is 5.01. The number of aryl methyl sites for hydroxylation is 1. The Labute approximate surface area is 117 Å². The van der Waals surface area contributed by atoms with E-state index in [9.17, 15) is 4.39 Å². The molecule has 0 saturated carbocycles. The first kappa shape index (κ1) is 12.8. The largest absolute Gasteiger partial charge is 0.368 e. The van der Waals surface area contributed by atoms with E-state index in [0.717, 1.165) is 26.2 Å². The lowest BCUT2D eigenvalue weighted by Gasteiger charge is -2.36. The van der Waals surface area contributed by atoms with E-state index in [1.807, 2.05) is 0 Å². The number of piperazine rings is 1. The summed E-state index contributed by atoms with van der Waals surface area (Å²) in [6, 6.07) is 9.90. The lowest BCUT2D eigenvalue weighted by atomic mass is 10.2. The van der Waals surface area contributed by atoms with Crippen LogP contribution in [0.5, 0.6) is 0 Å². The van der Waals surface area contributed by atoms with Gasteiger partial charge >= 0.3 is 0 Å². The van der Waals surface area contributed by atoms with E-state index in [1.54, 1.807) is 0 Å². The fraction of sp³-hybridized carbons (Fsp3) is 0.333. The van der Waals surface area contributed by atoms with Crippen molar-refractivity contribution in [2.24, 2.45) is 0 Å². The van der Waals surface area contributed by atoms with Gasteiger partial charge in [-0.2, -0.15) is 4.39 Å². The number of aromatic nitrogens is 2. The van der Waals surface area contributed by atoms with Crippen molar-refractivity contribution in [3.05, 3.63) is 48.2 Å². The van der Waals surface area contributed by atoms with Crippen molar-refractivity contribution < 1.29 is 4.39 Å². The van der Waals surface area contributed by atoms with Crippen molar-refractivity contribution >= 4 is 11.5 Å². The van der Waals surface area contributed by atoms with Crippen molar-refractivity contribution in [3.63, 3.8) is 0 Å². The van der Waals surface area contributed by atoms with E-state index in [0.29, 0.717) is 5.82 Å². The van der Waals surface area contributed by atoms with Crippen LogP contribution in [0.4, 0.5) is 15.9 Å². The Kier molecular flexibility index (Phi) is 3.50. The third-order valence-corrected chi connectivity index (χ3v) is 3.59. The lowest BCUT2D eigenvalue weighted by molar-refractivity contribution is 0.574. The van der Waals surface area contributed by atoms with Crippen LogP contribution < -0.4 is 9.80 Å². The van der Waals surface area contributed by atoms with Gasteiger partial charge in [-0.05, 0) is 24.6 Å². The minimum absolute atomic E-state index is 0.476. The zero-order valence-electron chi connectivity index (χ0n) is 11.5. The van der Waals surface area contributed by atoms with Crippen molar-refractivity contribution in [2.75, 3.05) is 36.0 Å². The molecule has 2 heterocycles. The normalized spacial score (nSPS) is 15.5. The zero-order chi connectivity index (χ0) is 13.9. The van der Waals surface area contributed by atoms with Crippen LogP contribution in [0, 0.1) is 12.9 Å². The standard InChI is InChI=1S/C15H17FN4/c1-12-3-2-4-13(9-12)19-5-7-20(8-6-19)15-10-14(16)17-11-18-15/h2-4,9-11H,5-8H2,1H3. The van der Waals surface area contributed by atoms with E-state index in [1.165, 1.54) is 23.6 Å². The molecule has 0 unspecified atom stereocenters. The van der Waals surface area contributed by atoms with Gasteiger partial charge in [-0.1, -0.05) is 12.1 Å². The van der Waals surface area contributed by atoms with Crippen LogP contribution in [0.15, 0.2) is 36.7 Å². The quantitative estimate of drug-likeness (QED) is 0.785. The molecule has 1 saturated heterocycles. The Morgan fingerprint density at radius 3 is 2.45 bits per heavy atom. The number of hydrogen-bond acceptors (Lipinski definition) is 4. The van der Waals surface area contributed by atoms with Gasteiger partial charge in [0.05, 0.1) is 0 Å². The number of benzene rings is 1. The maximum atomic E-state index is 13.1. The summed E-state index contributed by atoms with van der Waals surface area (Å²) in [5, 5.41) is 0. The first-order valence-corrected chi connectivity index (χ1v) is 6.76. The second-order valence-electron chi connectivity index (χ2n) is 5.01. The fourth-order valence-electron chi connectivity index (χ4n) is 2.52. The minimum Gasteiger partial charge on any atom is -0.368 e. The molecule has 1 aliphatic rings. The fourth-order valence-corrected chi connectivity index (χ4v) is 2.52. The molecule has 1 fully saturated rings. The van der Waals surface area contributed by atoms with Crippen molar-refractivity contribution in [1.29, 1.82) is 0 Å². The molecular weight excluding hydrogens is 255 g/mol. The minimum atomic E-state index is -0.476. The van der Waals surface area contributed by atoms with Crippen LogP contribution in [0.3, 0.4) is 0 Å². The average Bonchev–Trinajstić information content (AvgIpc) is 2.47. The molecule has 0 aliphatic carbocycles. The van der Waals surface area contributed by atoms with Gasteiger partial charge < -0.3 is 9.80 Å². The van der Waals surface area contributed by atoms with Gasteiger partial charge in [0.15, 0.2) is 0 Å². The Hall–Kier alpha value is -2.17. The van der Waals surface area contributed by atoms with E-state index in [-0.39, 0.29) is 0 Å². The molecule has 0 amide bonds. The molecule has 0 atom stereocenters. The summed E-state index contributed by atoms with van der Waals surface area (Å²) >= 11 is 0. The SMILES string of the molecule is Cc1cccc(N2CCN(c3cc(F)ncn3)CC2)c1. The molecule has 1 aliphatic heterocycles. The first-order chi connectivity index (χ1) is 9.72. The monoisotopic (exact) mass is 272 g/mol. The van der Waals surface area contributed by atoms with Gasteiger partial charge in [0.1, 0.15) is 12.1 Å². The first-order valence-electron chi connectivity index (χ1n) is 6.76. The predicted molar refractivity (Wildman–Crippen MR) is 77.6 cm³/mol. The maximum Gasteiger partial charge on any atom is 0.218 e. The van der Waals surface area contributed by atoms with Crippen LogP contribution in [0.25, 0.3) is 0 Å². The highest BCUT2D eigenvalue weighted by Gasteiger charge is 2.18. The molecule has 0 radical (unpaired) electrons. The third kappa shape index (κ3) is 2.71. The topological polar surface area (TPSA) is 32.3 Å². The van der Waals surface area contributed by atoms with Crippen LogP contribution in [0.1, 0.15) is 5.56 Å². The van der Waals surface area contributed by atoms with E-state index < -0.39 is 5.95 Å². The molecule has 0 spiro atoms. The van der Waals surface area contributed by atoms with Gasteiger partial charge in [-0.25, -0.2) is 9.97 Å². The summed E-state index contributed by atoms with van der Waals surface area (Å²) < 4.78 is 13.1. The number of hydrogen-bond donors (Lipinski definition) is 0. The molecule has 2 aromatic rings. The van der Waals surface area contributed by atoms with Crippen LogP contribution >= 0.6 is 0 Å². The van der Waals surface area contributed by atoms with Crippen LogP contribution in [-0.4, -0.2) is 36.1 Å². The maximum absolute atomic E-state index is 13.1. The van der Waals surface area contributed by atoms with E-state index in [4.69, 9.17) is 0 Å². The van der Waals surface area contributed by atoms with Crippen molar-refractivity contribution in [1.82, 2.24) is 9.97 Å². The second kappa shape index (κ2) is 5.45. The van der Waals surface area contributed by atoms with E-state index in [2.05, 4.69) is 51.0 Å². The molecule has 104 valence electrons. The zero-order valence-corrected chi connectivity index (χ0v) is 11.5. The van der Waals surface area contributed by atoms with Crippen molar-refractivity contribution in [2.45, 2.75) is 6.92 Å². The highest BCUT2D eigenvalue weighted by molar-refractivity contribution is 5.50. The average molecular weight is 272 g/mol. The number of halogens is 1. The third-order valence-electron chi connectivity index (χ3n) is 3.59. The Morgan fingerprint density at radius 1 is 1.00 bits per heavy atom. The molecule has 0 bridgehead atoms. The van der Waals surface area contributed by atoms with Gasteiger partial charge in [0, 0.05) is 37.9 Å². The Morgan fingerprint density at radius 2 is 1.75 bits per heavy atom. The Balaban J connectivity index is 1.68. The highest BCUT2D eigenvalue weighted by Crippen LogP contribution is 2.20. The lowest BCUT2D eigenvalue weighted by Crippen LogP contribution is -2.46. The molecule has 3 rings (SSSR count). The predicted octanol–water partition coefficient (Wildman–Crippen LogP) is 2.25. The van der Waals surface area contributed by atoms with Crippen LogP contribution in [0.2, 0.25) is 0 Å². The van der Waals surface area contributed by atoms with E-state index >= 15 is 0 Å². The molecular formula is C15H17FN4. The summed E-state index contributed by atoms with van der Waals surface area (Å²) in [6.45, 7) is 5.60. The van der Waals surface area contributed by atoms with Crippen LogP contribution in [-0.2, 0) is 0 Å². The smallest absolute Gasteiger partial charge is 0.218 e. The number of nitrogens with zero attached hydrogens (tertiary/aromatic N) is 4. The number of anilines is 2. The van der Waals surface area contributed by atoms with Gasteiger partial charge in [0.2, 0.25) is 5.95 Å². The molecule has 4 nitrogen and oxygen atoms in total. The van der Waals surface area contributed by atoms with Crippen molar-refractivity contribution in [3.8, 4) is 0 Å². The highest BCUT2D eigenvalue weighted by atomic mass is 19.1. The summed E-state index contributed by atoms with van der Waals surface area (Å²) in [4.78, 5) is 12.1. The summed E-state index contributed by atoms with van der Waals surface area (Å²) in [6.07, 6.45) is 1.28. The Bertz CT molecular complexity index is 540. The molecule has 1 aromatic carbocycles. The molecule has 1 aromatic heterocycles. The van der Waals surface area contributed by atoms with Gasteiger partial charge in [-0.15, -0.1) is 0 Å².